The molecule has 1 atom stereocenters. The summed E-state index contributed by atoms with van der Waals surface area (Å²) in [6, 6.07) is 0.300. The van der Waals surface area contributed by atoms with Gasteiger partial charge in [0, 0.05) is 24.1 Å². The molecule has 1 aliphatic heterocycles. The molecule has 0 aromatic heterocycles. The Balaban J connectivity index is 2.24. The smallest absolute Gasteiger partial charge is 0.167 e. The average Bonchev–Trinajstić information content (AvgIpc) is 2.25. The number of hydrogen-bond donors (Lipinski definition) is 0. The predicted molar refractivity (Wildman–Crippen MR) is 63.3 cm³/mol. The average molecular weight is 223 g/mol. The number of ether oxygens (including phenoxy) is 1. The Morgan fingerprint density at radius 2 is 1.88 bits per heavy atom. The molecule has 1 heterocycles. The predicted octanol–water partition coefficient (Wildman–Crippen LogP) is 1.63. The van der Waals surface area contributed by atoms with Crippen molar-refractivity contribution in [3.8, 4) is 0 Å². The molecule has 2 fully saturated rings. The number of rotatable bonds is 1. The second kappa shape index (κ2) is 3.97. The first-order valence-electron chi connectivity index (χ1n) is 6.00. The highest BCUT2D eigenvalue weighted by Gasteiger charge is 2.54. The molecule has 1 saturated carbocycles. The summed E-state index contributed by atoms with van der Waals surface area (Å²) >= 11 is 0. The van der Waals surface area contributed by atoms with Gasteiger partial charge in [-0.1, -0.05) is 19.4 Å². The van der Waals surface area contributed by atoms with Gasteiger partial charge in [0.25, 0.3) is 0 Å². The van der Waals surface area contributed by atoms with Crippen molar-refractivity contribution in [2.45, 2.75) is 33.7 Å². The van der Waals surface area contributed by atoms with Crippen LogP contribution in [0.25, 0.3) is 0 Å². The van der Waals surface area contributed by atoms with Crippen molar-refractivity contribution in [3.05, 3.63) is 11.1 Å². The quantitative estimate of drug-likeness (QED) is 0.633. The molecule has 1 aliphatic carbocycles. The topological polar surface area (TPSA) is 29.5 Å². The fraction of sp³-hybridized carbons (Fsp3) is 0.769. The lowest BCUT2D eigenvalue weighted by Gasteiger charge is -2.52. The first-order valence-corrected chi connectivity index (χ1v) is 6.00. The van der Waals surface area contributed by atoms with Crippen LogP contribution < -0.4 is 0 Å². The van der Waals surface area contributed by atoms with E-state index in [1.807, 2.05) is 13.8 Å². The van der Waals surface area contributed by atoms with Crippen LogP contribution in [0.4, 0.5) is 0 Å². The standard InChI is InChI=1S/C13H21NO2/c1-9(2)10-11(13(3,4)12(10)15)14-5-7-16-8-6-14/h11H,5-8H2,1-4H3. The number of ketones is 1. The zero-order valence-electron chi connectivity index (χ0n) is 10.7. The Morgan fingerprint density at radius 1 is 1.31 bits per heavy atom. The van der Waals surface area contributed by atoms with E-state index in [2.05, 4.69) is 18.7 Å². The number of nitrogens with zero attached hydrogens (tertiary/aromatic N) is 1. The minimum atomic E-state index is -0.218. The maximum atomic E-state index is 12.1. The van der Waals surface area contributed by atoms with Crippen LogP contribution in [-0.2, 0) is 9.53 Å². The van der Waals surface area contributed by atoms with Gasteiger partial charge in [-0.05, 0) is 13.8 Å². The molecular formula is C13H21NO2. The van der Waals surface area contributed by atoms with Gasteiger partial charge in [0.2, 0.25) is 0 Å². The number of allylic oxidation sites excluding steroid dienone is 1. The molecule has 0 aromatic carbocycles. The normalized spacial score (nSPS) is 30.1. The highest BCUT2D eigenvalue weighted by molar-refractivity contribution is 6.09. The van der Waals surface area contributed by atoms with Crippen molar-refractivity contribution in [1.82, 2.24) is 4.90 Å². The fourth-order valence-electron chi connectivity index (χ4n) is 2.85. The maximum Gasteiger partial charge on any atom is 0.167 e. The monoisotopic (exact) mass is 223 g/mol. The van der Waals surface area contributed by atoms with Gasteiger partial charge in [0.05, 0.1) is 19.3 Å². The SMILES string of the molecule is CC(C)=C1C(=O)C(C)(C)C1N1CCOCC1. The lowest BCUT2D eigenvalue weighted by atomic mass is 9.60. The summed E-state index contributed by atoms with van der Waals surface area (Å²) in [6.45, 7) is 11.7. The van der Waals surface area contributed by atoms with E-state index in [4.69, 9.17) is 4.74 Å². The summed E-state index contributed by atoms with van der Waals surface area (Å²) in [7, 11) is 0. The van der Waals surface area contributed by atoms with E-state index >= 15 is 0 Å². The Hall–Kier alpha value is -0.670. The van der Waals surface area contributed by atoms with E-state index in [0.717, 1.165) is 31.9 Å². The van der Waals surface area contributed by atoms with Gasteiger partial charge in [-0.15, -0.1) is 0 Å². The van der Waals surface area contributed by atoms with E-state index in [1.165, 1.54) is 5.57 Å². The van der Waals surface area contributed by atoms with Crippen LogP contribution in [0.15, 0.2) is 11.1 Å². The second-order valence-corrected chi connectivity index (χ2v) is 5.52. The number of carbonyl (C=O) groups excluding carboxylic acids is 1. The molecule has 1 unspecified atom stereocenters. The molecule has 0 radical (unpaired) electrons. The molecule has 0 bridgehead atoms. The van der Waals surface area contributed by atoms with E-state index in [-0.39, 0.29) is 5.41 Å². The highest BCUT2D eigenvalue weighted by Crippen LogP contribution is 2.45. The minimum Gasteiger partial charge on any atom is -0.379 e. The number of hydrogen-bond acceptors (Lipinski definition) is 3. The van der Waals surface area contributed by atoms with Crippen molar-refractivity contribution < 1.29 is 9.53 Å². The molecular weight excluding hydrogens is 202 g/mol. The number of Topliss-reactive ketones (excluding diaryl/α,β-unsaturated/α-hetero) is 1. The third-order valence-electron chi connectivity index (χ3n) is 3.74. The molecule has 0 amide bonds. The van der Waals surface area contributed by atoms with Gasteiger partial charge in [0.15, 0.2) is 5.78 Å². The Kier molecular flexibility index (Phi) is 2.93. The minimum absolute atomic E-state index is 0.218. The second-order valence-electron chi connectivity index (χ2n) is 5.52. The van der Waals surface area contributed by atoms with Gasteiger partial charge in [-0.2, -0.15) is 0 Å². The molecule has 16 heavy (non-hydrogen) atoms. The van der Waals surface area contributed by atoms with Crippen molar-refractivity contribution in [2.24, 2.45) is 5.41 Å². The summed E-state index contributed by atoms with van der Waals surface area (Å²) in [5.74, 6) is 0.323. The molecule has 3 nitrogen and oxygen atoms in total. The first kappa shape index (κ1) is 11.8. The number of morpholine rings is 1. The molecule has 0 aromatic rings. The molecule has 90 valence electrons. The Bertz CT molecular complexity index is 334. The highest BCUT2D eigenvalue weighted by atomic mass is 16.5. The summed E-state index contributed by atoms with van der Waals surface area (Å²) in [5.41, 5.74) is 1.98. The lowest BCUT2D eigenvalue weighted by Crippen LogP contribution is -2.63. The fourth-order valence-corrected chi connectivity index (χ4v) is 2.85. The van der Waals surface area contributed by atoms with Crippen LogP contribution in [0.5, 0.6) is 0 Å². The van der Waals surface area contributed by atoms with Gasteiger partial charge in [-0.25, -0.2) is 0 Å². The van der Waals surface area contributed by atoms with Gasteiger partial charge in [0.1, 0.15) is 0 Å². The zero-order valence-corrected chi connectivity index (χ0v) is 10.7. The van der Waals surface area contributed by atoms with Crippen LogP contribution in [0.1, 0.15) is 27.7 Å². The first-order chi connectivity index (χ1) is 7.46. The Labute approximate surface area is 97.5 Å². The summed E-state index contributed by atoms with van der Waals surface area (Å²) < 4.78 is 5.37. The molecule has 3 heteroatoms. The molecule has 2 rings (SSSR count). The van der Waals surface area contributed by atoms with E-state index in [9.17, 15) is 4.79 Å². The van der Waals surface area contributed by atoms with Crippen LogP contribution in [-0.4, -0.2) is 43.0 Å². The van der Waals surface area contributed by atoms with E-state index < -0.39 is 0 Å². The molecule has 0 spiro atoms. The van der Waals surface area contributed by atoms with Crippen LogP contribution in [0, 0.1) is 5.41 Å². The number of carbonyl (C=O) groups is 1. The lowest BCUT2D eigenvalue weighted by molar-refractivity contribution is -0.137. The largest absolute Gasteiger partial charge is 0.379 e. The summed E-state index contributed by atoms with van der Waals surface area (Å²) in [6.07, 6.45) is 0. The zero-order chi connectivity index (χ0) is 11.9. The molecule has 1 saturated heterocycles. The van der Waals surface area contributed by atoms with E-state index in [0.29, 0.717) is 11.8 Å². The van der Waals surface area contributed by atoms with Crippen molar-refractivity contribution >= 4 is 5.78 Å². The van der Waals surface area contributed by atoms with Crippen LogP contribution in [0.3, 0.4) is 0 Å². The van der Waals surface area contributed by atoms with Crippen LogP contribution >= 0.6 is 0 Å². The Morgan fingerprint density at radius 3 is 2.38 bits per heavy atom. The third kappa shape index (κ3) is 1.62. The van der Waals surface area contributed by atoms with Gasteiger partial charge >= 0.3 is 0 Å². The van der Waals surface area contributed by atoms with Crippen molar-refractivity contribution in [3.63, 3.8) is 0 Å². The van der Waals surface area contributed by atoms with Crippen molar-refractivity contribution in [2.75, 3.05) is 26.3 Å². The molecule has 2 aliphatic rings. The van der Waals surface area contributed by atoms with E-state index in [1.54, 1.807) is 0 Å². The third-order valence-corrected chi connectivity index (χ3v) is 3.74. The summed E-state index contributed by atoms with van der Waals surface area (Å²) in [4.78, 5) is 14.5. The van der Waals surface area contributed by atoms with Crippen LogP contribution in [0.2, 0.25) is 0 Å². The van der Waals surface area contributed by atoms with Gasteiger partial charge in [-0.3, -0.25) is 9.69 Å². The maximum absolute atomic E-state index is 12.1. The summed E-state index contributed by atoms with van der Waals surface area (Å²) in [5, 5.41) is 0. The molecule has 0 N–H and O–H groups in total. The van der Waals surface area contributed by atoms with Gasteiger partial charge < -0.3 is 4.74 Å². The van der Waals surface area contributed by atoms with Crippen molar-refractivity contribution in [1.29, 1.82) is 0 Å².